The lowest BCUT2D eigenvalue weighted by Gasteiger charge is -2.26. The third-order valence-corrected chi connectivity index (χ3v) is 7.45. The third-order valence-electron chi connectivity index (χ3n) is 6.31. The molecule has 5 rings (SSSR count). The highest BCUT2D eigenvalue weighted by Crippen LogP contribution is 2.41. The number of rotatable bonds is 7. The molecule has 0 spiro atoms. The Morgan fingerprint density at radius 1 is 1.15 bits per heavy atom. The number of aliphatic hydroxyl groups is 1. The molecule has 0 bridgehead atoms. The lowest BCUT2D eigenvalue weighted by molar-refractivity contribution is -0.137. The van der Waals surface area contributed by atoms with E-state index in [9.17, 15) is 18.3 Å². The molecule has 2 aliphatic rings. The van der Waals surface area contributed by atoms with Gasteiger partial charge in [-0.05, 0) is 53.3 Å². The lowest BCUT2D eigenvalue weighted by atomic mass is 9.91. The van der Waals surface area contributed by atoms with Crippen molar-refractivity contribution in [1.29, 1.82) is 0 Å². The number of hydrogen-bond acceptors (Lipinski definition) is 4. The number of alkyl halides is 3. The van der Waals surface area contributed by atoms with E-state index in [1.165, 1.54) is 11.9 Å². The quantitative estimate of drug-likeness (QED) is 0.366. The maximum absolute atomic E-state index is 13.0. The van der Waals surface area contributed by atoms with Crippen molar-refractivity contribution in [2.45, 2.75) is 36.7 Å². The summed E-state index contributed by atoms with van der Waals surface area (Å²) in [5.74, 6) is 0.928. The Hall–Kier alpha value is -2.68. The lowest BCUT2D eigenvalue weighted by Crippen LogP contribution is -2.32. The van der Waals surface area contributed by atoms with Gasteiger partial charge in [-0.15, -0.1) is 0 Å². The van der Waals surface area contributed by atoms with Crippen LogP contribution in [-0.2, 0) is 17.3 Å². The zero-order valence-electron chi connectivity index (χ0n) is 18.4. The number of aliphatic hydroxyl groups excluding tert-OH is 1. The number of benzene rings is 2. The maximum Gasteiger partial charge on any atom is 0.416 e. The van der Waals surface area contributed by atoms with E-state index in [0.717, 1.165) is 57.5 Å². The van der Waals surface area contributed by atoms with Crippen molar-refractivity contribution in [3.63, 3.8) is 0 Å². The molecule has 8 heteroatoms. The van der Waals surface area contributed by atoms with Crippen molar-refractivity contribution < 1.29 is 23.0 Å². The van der Waals surface area contributed by atoms with Crippen LogP contribution in [0.25, 0.3) is 16.5 Å². The molecule has 1 unspecified atom stereocenters. The smallest absolute Gasteiger partial charge is 0.416 e. The van der Waals surface area contributed by atoms with Gasteiger partial charge in [0.15, 0.2) is 0 Å². The number of halogens is 3. The van der Waals surface area contributed by atoms with E-state index in [-0.39, 0.29) is 17.9 Å². The Kier molecular flexibility index (Phi) is 6.46. The first-order valence-electron chi connectivity index (χ1n) is 11.2. The number of allylic oxidation sites excluding steroid dienone is 2. The Morgan fingerprint density at radius 2 is 1.94 bits per heavy atom. The minimum absolute atomic E-state index is 0.0168. The highest BCUT2D eigenvalue weighted by Gasteiger charge is 2.32. The zero-order chi connectivity index (χ0) is 23.7. The van der Waals surface area contributed by atoms with Gasteiger partial charge in [-0.3, -0.25) is 4.72 Å². The molecule has 2 atom stereocenters. The Morgan fingerprint density at radius 3 is 2.71 bits per heavy atom. The van der Waals surface area contributed by atoms with Gasteiger partial charge in [0.25, 0.3) is 0 Å². The molecule has 34 heavy (non-hydrogen) atoms. The summed E-state index contributed by atoms with van der Waals surface area (Å²) in [5.41, 5.74) is 4.43. The van der Waals surface area contributed by atoms with Crippen LogP contribution in [0.1, 0.15) is 29.5 Å². The minimum Gasteiger partial charge on any atom is -0.496 e. The highest BCUT2D eigenvalue weighted by atomic mass is 32.2. The first-order chi connectivity index (χ1) is 16.4. The Labute approximate surface area is 200 Å². The normalized spacial score (nSPS) is 19.2. The van der Waals surface area contributed by atoms with Crippen molar-refractivity contribution in [2.75, 3.05) is 13.2 Å². The number of aromatic nitrogens is 1. The molecule has 0 fully saturated rings. The summed E-state index contributed by atoms with van der Waals surface area (Å²) >= 11 is 1.52. The first kappa shape index (κ1) is 23.1. The van der Waals surface area contributed by atoms with Gasteiger partial charge in [0.2, 0.25) is 0 Å². The molecule has 0 saturated heterocycles. The van der Waals surface area contributed by atoms with Gasteiger partial charge in [-0.25, -0.2) is 0 Å². The largest absolute Gasteiger partial charge is 0.496 e. The predicted molar refractivity (Wildman–Crippen MR) is 129 cm³/mol. The average Bonchev–Trinajstić information content (AvgIpc) is 3.48. The molecular weight excluding hydrogens is 461 g/mol. The summed E-state index contributed by atoms with van der Waals surface area (Å²) < 4.78 is 48.2. The molecule has 0 radical (unpaired) electrons. The third kappa shape index (κ3) is 4.76. The molecule has 2 heterocycles. The van der Waals surface area contributed by atoms with E-state index in [0.29, 0.717) is 19.4 Å². The number of para-hydroxylation sites is 1. The van der Waals surface area contributed by atoms with Gasteiger partial charge < -0.3 is 14.8 Å². The van der Waals surface area contributed by atoms with Crippen molar-refractivity contribution in [1.82, 2.24) is 9.71 Å². The van der Waals surface area contributed by atoms with Crippen LogP contribution in [-0.4, -0.2) is 34.6 Å². The van der Waals surface area contributed by atoms with E-state index >= 15 is 0 Å². The van der Waals surface area contributed by atoms with E-state index in [2.05, 4.69) is 21.8 Å². The van der Waals surface area contributed by atoms with Gasteiger partial charge in [-0.1, -0.05) is 48.4 Å². The van der Waals surface area contributed by atoms with Gasteiger partial charge in [0.05, 0.1) is 24.0 Å². The number of aromatic amines is 1. The number of H-pyrrole nitrogens is 1. The molecule has 1 aromatic heterocycles. The first-order valence-corrected chi connectivity index (χ1v) is 12.1. The van der Waals surface area contributed by atoms with Crippen LogP contribution in [0.15, 0.2) is 72.1 Å². The second kappa shape index (κ2) is 9.52. The highest BCUT2D eigenvalue weighted by molar-refractivity contribution is 7.98. The molecule has 1 aliphatic heterocycles. The second-order valence-corrected chi connectivity index (χ2v) is 9.64. The van der Waals surface area contributed by atoms with E-state index in [1.54, 1.807) is 12.1 Å². The molecule has 4 nitrogen and oxygen atoms in total. The summed E-state index contributed by atoms with van der Waals surface area (Å²) in [4.78, 5) is 3.27. The van der Waals surface area contributed by atoms with Crippen LogP contribution in [0.2, 0.25) is 0 Å². The molecule has 0 amide bonds. The molecule has 1 aliphatic carbocycles. The fourth-order valence-electron chi connectivity index (χ4n) is 4.55. The van der Waals surface area contributed by atoms with Crippen LogP contribution in [0.3, 0.4) is 0 Å². The van der Waals surface area contributed by atoms with E-state index < -0.39 is 11.7 Å². The monoisotopic (exact) mass is 486 g/mol. The number of fused-ring (bicyclic) bond motifs is 1. The summed E-state index contributed by atoms with van der Waals surface area (Å²) in [6.07, 6.45) is 1.77. The molecule has 3 N–H and O–H groups in total. The van der Waals surface area contributed by atoms with Gasteiger partial charge >= 0.3 is 6.18 Å². The SMILES string of the molecule is OC[C@@H](Cc1c[nH]c2ccccc12)NSC1CC(c2ccc(C(F)(F)F)cc2)=CC2=C1OCC2. The molecular formula is C26H25F3N2O2S. The van der Waals surface area contributed by atoms with Crippen LogP contribution in [0, 0.1) is 0 Å². The van der Waals surface area contributed by atoms with Gasteiger partial charge in [0.1, 0.15) is 5.76 Å². The van der Waals surface area contributed by atoms with Crippen molar-refractivity contribution >= 4 is 28.4 Å². The van der Waals surface area contributed by atoms with Crippen LogP contribution >= 0.6 is 11.9 Å². The maximum atomic E-state index is 13.0. The van der Waals surface area contributed by atoms with E-state index in [1.807, 2.05) is 24.4 Å². The summed E-state index contributed by atoms with van der Waals surface area (Å²) in [6, 6.07) is 13.3. The standard InChI is InChI=1S/C26H25F3N2O2S/c27-26(28,29)20-7-5-16(6-8-20)18-11-17-9-10-33-25(17)24(13-18)34-31-21(15-32)12-19-14-30-23-4-2-1-3-22(19)23/h1-8,11,14,21,24,30-32H,9-10,12-13,15H2/t21-,24?/m1/s1. The number of nitrogens with one attached hydrogen (secondary N) is 2. The summed E-state index contributed by atoms with van der Waals surface area (Å²) in [7, 11) is 0. The number of hydrogen-bond donors (Lipinski definition) is 3. The van der Waals surface area contributed by atoms with Crippen LogP contribution < -0.4 is 4.72 Å². The second-order valence-electron chi connectivity index (χ2n) is 8.60. The minimum atomic E-state index is -4.35. The van der Waals surface area contributed by atoms with Gasteiger partial charge in [0, 0.05) is 29.6 Å². The Balaban J connectivity index is 1.29. The molecule has 178 valence electrons. The molecule has 2 aromatic carbocycles. The zero-order valence-corrected chi connectivity index (χ0v) is 19.2. The van der Waals surface area contributed by atoms with Crippen molar-refractivity contribution in [3.8, 4) is 0 Å². The topological polar surface area (TPSA) is 57.3 Å². The predicted octanol–water partition coefficient (Wildman–Crippen LogP) is 5.86. The molecule has 3 aromatic rings. The summed E-state index contributed by atoms with van der Waals surface area (Å²) in [5, 5.41) is 11.1. The Bertz CT molecular complexity index is 1230. The van der Waals surface area contributed by atoms with Crippen molar-refractivity contribution in [2.24, 2.45) is 0 Å². The fraction of sp³-hybridized carbons (Fsp3) is 0.308. The fourth-order valence-corrected chi connectivity index (χ4v) is 5.65. The average molecular weight is 487 g/mol. The van der Waals surface area contributed by atoms with Crippen LogP contribution in [0.5, 0.6) is 0 Å². The van der Waals surface area contributed by atoms with Crippen LogP contribution in [0.4, 0.5) is 13.2 Å². The summed E-state index contributed by atoms with van der Waals surface area (Å²) in [6.45, 7) is 0.588. The van der Waals surface area contributed by atoms with Gasteiger partial charge in [-0.2, -0.15) is 13.2 Å². The van der Waals surface area contributed by atoms with Crippen molar-refractivity contribution in [3.05, 3.63) is 88.8 Å². The molecule has 0 saturated carbocycles. The number of ether oxygens (including phenoxy) is 1. The van der Waals surface area contributed by atoms with E-state index in [4.69, 9.17) is 4.74 Å².